The Kier molecular flexibility index (Phi) is 8.89. The predicted molar refractivity (Wildman–Crippen MR) is 131 cm³/mol. The van der Waals surface area contributed by atoms with E-state index < -0.39 is 52.4 Å². The van der Waals surface area contributed by atoms with Crippen molar-refractivity contribution in [2.45, 2.75) is 83.2 Å². The predicted octanol–water partition coefficient (Wildman–Crippen LogP) is 3.43. The van der Waals surface area contributed by atoms with Gasteiger partial charge in [0, 0.05) is 32.1 Å². The van der Waals surface area contributed by atoms with E-state index in [0.29, 0.717) is 12.8 Å². The normalized spacial score (nSPS) is 24.9. The molecule has 2 saturated heterocycles. The minimum absolute atomic E-state index is 0.102. The van der Waals surface area contributed by atoms with Crippen LogP contribution >= 0.6 is 0 Å². The third-order valence-electron chi connectivity index (χ3n) is 6.43. The Bertz CT molecular complexity index is 1240. The van der Waals surface area contributed by atoms with E-state index in [1.165, 1.54) is 0 Å². The number of ketones is 1. The number of esters is 4. The number of aliphatic hydroxyl groups is 1. The molecule has 0 atom stereocenters. The molecule has 0 aromatic carbocycles. The summed E-state index contributed by atoms with van der Waals surface area (Å²) in [6.07, 6.45) is 3.38. The van der Waals surface area contributed by atoms with E-state index >= 15 is 0 Å². The summed E-state index contributed by atoms with van der Waals surface area (Å²) in [5.41, 5.74) is -1.64. The summed E-state index contributed by atoms with van der Waals surface area (Å²) in [7, 11) is 0. The van der Waals surface area contributed by atoms with Crippen LogP contribution in [-0.2, 0) is 42.9 Å². The van der Waals surface area contributed by atoms with Crippen LogP contribution in [0.2, 0.25) is 0 Å². The van der Waals surface area contributed by atoms with Crippen LogP contribution < -0.4 is 0 Å². The largest absolute Gasteiger partial charge is 0.523 e. The molecule has 12 nitrogen and oxygen atoms in total. The molecular weight excluding hydrogens is 512 g/mol. The van der Waals surface area contributed by atoms with Gasteiger partial charge < -0.3 is 24.1 Å². The molecule has 3 rings (SSSR count). The molecule has 206 valence electrons. The average molecular weight is 541 g/mol. The Morgan fingerprint density at radius 1 is 0.897 bits per heavy atom. The molecule has 1 aliphatic carbocycles. The third-order valence-corrected chi connectivity index (χ3v) is 6.43. The minimum atomic E-state index is -1.70. The van der Waals surface area contributed by atoms with Crippen LogP contribution in [0.3, 0.4) is 0 Å². The maximum absolute atomic E-state index is 12.7. The summed E-state index contributed by atoms with van der Waals surface area (Å²) >= 11 is 0. The molecule has 0 unspecified atom stereocenters. The summed E-state index contributed by atoms with van der Waals surface area (Å²) < 4.78 is 21.6. The number of Topliss-reactive ketones (excluding diaryl/α,β-unsaturated/α-hetero) is 1. The van der Waals surface area contributed by atoms with Crippen molar-refractivity contribution in [2.75, 3.05) is 0 Å². The fourth-order valence-corrected chi connectivity index (χ4v) is 4.24. The van der Waals surface area contributed by atoms with E-state index in [1.54, 1.807) is 6.92 Å². The van der Waals surface area contributed by atoms with Gasteiger partial charge in [0.15, 0.2) is 5.78 Å². The molecule has 12 heteroatoms. The third kappa shape index (κ3) is 6.33. The number of hydrogen-bond donors (Lipinski definition) is 2. The standard InChI is InChI=1S/C27H28N2O10/c1-4-6-8-21(31)19(29-3)14-18-24(34)38-27(39-25(18)35)11-9-26(10-12-27)36-22(32)17(23(33)37-26)13-16(15-28)20(30)7-5-2/h13-14,28,31H,4-12H2,1-2H3. The van der Waals surface area contributed by atoms with E-state index in [-0.39, 0.29) is 55.6 Å². The average Bonchev–Trinajstić information content (AvgIpc) is 2.89. The highest BCUT2D eigenvalue weighted by molar-refractivity contribution is 6.18. The molecule has 3 fully saturated rings. The molecule has 2 spiro atoms. The lowest BCUT2D eigenvalue weighted by Gasteiger charge is -2.46. The zero-order valence-corrected chi connectivity index (χ0v) is 21.6. The van der Waals surface area contributed by atoms with Crippen molar-refractivity contribution in [3.63, 3.8) is 0 Å². The number of carbonyl (C=O) groups excluding carboxylic acids is 5. The summed E-state index contributed by atoms with van der Waals surface area (Å²) in [6.45, 7) is 10.9. The van der Waals surface area contributed by atoms with Crippen molar-refractivity contribution in [1.82, 2.24) is 0 Å². The monoisotopic (exact) mass is 540 g/mol. The second-order valence-corrected chi connectivity index (χ2v) is 9.25. The second-order valence-electron chi connectivity index (χ2n) is 9.25. The highest BCUT2D eigenvalue weighted by Gasteiger charge is 2.56. The number of nitrogens with one attached hydrogen (secondary N) is 1. The van der Waals surface area contributed by atoms with Gasteiger partial charge in [0.1, 0.15) is 11.1 Å². The molecule has 0 radical (unpaired) electrons. The molecule has 39 heavy (non-hydrogen) atoms. The van der Waals surface area contributed by atoms with Crippen molar-refractivity contribution >= 4 is 35.5 Å². The first-order chi connectivity index (χ1) is 18.5. The van der Waals surface area contributed by atoms with Crippen LogP contribution in [0.4, 0.5) is 0 Å². The molecule has 1 saturated carbocycles. The van der Waals surface area contributed by atoms with Crippen molar-refractivity contribution in [2.24, 2.45) is 0 Å². The lowest BCUT2D eigenvalue weighted by Crippen LogP contribution is -2.56. The van der Waals surface area contributed by atoms with Crippen LogP contribution in [0.1, 0.15) is 71.6 Å². The Hall–Kier alpha value is -4.49. The van der Waals surface area contributed by atoms with Gasteiger partial charge in [0.2, 0.25) is 5.70 Å². The molecule has 2 aliphatic heterocycles. The van der Waals surface area contributed by atoms with E-state index in [4.69, 9.17) is 30.9 Å². The number of unbranched alkanes of at least 4 members (excludes halogenated alkanes) is 1. The lowest BCUT2D eigenvalue weighted by molar-refractivity contribution is -0.291. The number of ether oxygens (including phenoxy) is 4. The van der Waals surface area contributed by atoms with Gasteiger partial charge in [-0.05, 0) is 37.3 Å². The fourth-order valence-electron chi connectivity index (χ4n) is 4.24. The molecule has 2 heterocycles. The summed E-state index contributed by atoms with van der Waals surface area (Å²) in [5, 5.41) is 17.4. The molecule has 3 aliphatic rings. The van der Waals surface area contributed by atoms with E-state index in [1.807, 2.05) is 12.8 Å². The van der Waals surface area contributed by atoms with Gasteiger partial charge in [-0.2, -0.15) is 0 Å². The van der Waals surface area contributed by atoms with Crippen LogP contribution in [0.25, 0.3) is 4.85 Å². The number of allylic oxidation sites excluding steroid dienone is 4. The molecular formula is C27H28N2O10. The number of nitrogens with zero attached hydrogens (tertiary/aromatic N) is 1. The van der Waals surface area contributed by atoms with Crippen molar-refractivity contribution in [3.05, 3.63) is 51.7 Å². The summed E-state index contributed by atoms with van der Waals surface area (Å²) in [5.74, 6) is -6.39. The number of rotatable bonds is 8. The highest BCUT2D eigenvalue weighted by Crippen LogP contribution is 2.45. The van der Waals surface area contributed by atoms with Crippen molar-refractivity contribution in [3.8, 4) is 0 Å². The Labute approximate surface area is 224 Å². The first-order valence-corrected chi connectivity index (χ1v) is 12.5. The first kappa shape index (κ1) is 29.1. The zero-order chi connectivity index (χ0) is 28.8. The van der Waals surface area contributed by atoms with E-state index in [0.717, 1.165) is 18.6 Å². The minimum Gasteiger partial charge on any atom is -0.523 e. The zero-order valence-electron chi connectivity index (χ0n) is 21.6. The van der Waals surface area contributed by atoms with Gasteiger partial charge in [0.05, 0.1) is 17.9 Å². The molecule has 0 aromatic heterocycles. The Morgan fingerprint density at radius 2 is 1.36 bits per heavy atom. The number of carbonyl (C=O) groups is 5. The van der Waals surface area contributed by atoms with Crippen LogP contribution in [0, 0.1) is 12.0 Å². The van der Waals surface area contributed by atoms with Gasteiger partial charge in [-0.25, -0.2) is 24.0 Å². The molecule has 2 N–H and O–H groups in total. The lowest BCUT2D eigenvalue weighted by atomic mass is 9.87. The first-order valence-electron chi connectivity index (χ1n) is 12.5. The van der Waals surface area contributed by atoms with Crippen LogP contribution in [0.5, 0.6) is 0 Å². The maximum atomic E-state index is 12.7. The van der Waals surface area contributed by atoms with E-state index in [9.17, 15) is 29.1 Å². The van der Waals surface area contributed by atoms with Gasteiger partial charge in [-0.1, -0.05) is 20.3 Å². The van der Waals surface area contributed by atoms with Crippen molar-refractivity contribution < 1.29 is 48.0 Å². The fraction of sp³-hybridized carbons (Fsp3) is 0.481. The van der Waals surface area contributed by atoms with E-state index in [2.05, 4.69) is 4.85 Å². The molecule has 0 bridgehead atoms. The molecule has 0 amide bonds. The van der Waals surface area contributed by atoms with Gasteiger partial charge in [-0.15, -0.1) is 0 Å². The molecule has 0 aromatic rings. The number of aliphatic hydroxyl groups excluding tert-OH is 1. The number of hydrogen-bond acceptors (Lipinski definition) is 11. The quantitative estimate of drug-likeness (QED) is 0.116. The smallest absolute Gasteiger partial charge is 0.348 e. The highest BCUT2D eigenvalue weighted by atomic mass is 16.8. The maximum Gasteiger partial charge on any atom is 0.348 e. The summed E-state index contributed by atoms with van der Waals surface area (Å²) in [4.78, 5) is 65.9. The van der Waals surface area contributed by atoms with Crippen molar-refractivity contribution in [1.29, 1.82) is 5.41 Å². The Balaban J connectivity index is 1.72. The topological polar surface area (TPSA) is 171 Å². The Morgan fingerprint density at radius 3 is 1.74 bits per heavy atom. The summed E-state index contributed by atoms with van der Waals surface area (Å²) in [6, 6.07) is 0. The van der Waals surface area contributed by atoms with Crippen LogP contribution in [-0.4, -0.2) is 52.2 Å². The van der Waals surface area contributed by atoms with Gasteiger partial charge in [-0.3, -0.25) is 10.2 Å². The SMILES string of the molecule is [C-]#[N+]C(C=C1C(=O)OC2(CCC3(CC2)OC(=O)C(=CC(=C=N)C(=O)CCC)C(=O)O3)OC1=O)=C(O)CCCC. The second kappa shape index (κ2) is 11.9. The van der Waals surface area contributed by atoms with Gasteiger partial charge >= 0.3 is 23.9 Å². The van der Waals surface area contributed by atoms with Gasteiger partial charge in [0.25, 0.3) is 11.6 Å². The van der Waals surface area contributed by atoms with Crippen LogP contribution in [0.15, 0.2) is 40.3 Å².